The van der Waals surface area contributed by atoms with Crippen molar-refractivity contribution in [1.29, 1.82) is 0 Å². The number of H-pyrrole nitrogens is 1. The van der Waals surface area contributed by atoms with Crippen LogP contribution in [0.5, 0.6) is 0 Å². The number of aromatic nitrogens is 4. The second-order valence-corrected chi connectivity index (χ2v) is 5.41. The Morgan fingerprint density at radius 1 is 1.55 bits per heavy atom. The molecule has 1 aliphatic rings. The van der Waals surface area contributed by atoms with Gasteiger partial charge in [-0.25, -0.2) is 9.97 Å². The van der Waals surface area contributed by atoms with Crippen LogP contribution in [0.4, 0.5) is 0 Å². The van der Waals surface area contributed by atoms with Crippen molar-refractivity contribution in [1.82, 2.24) is 19.5 Å². The first-order valence-corrected chi connectivity index (χ1v) is 6.38. The molecule has 4 atom stereocenters. The number of hydrogen-bond acceptors (Lipinski definition) is 6. The molecule has 0 spiro atoms. The van der Waals surface area contributed by atoms with Crippen LogP contribution in [0.15, 0.2) is 17.4 Å². The van der Waals surface area contributed by atoms with Crippen molar-refractivity contribution in [2.75, 3.05) is 6.61 Å². The van der Waals surface area contributed by atoms with Crippen molar-refractivity contribution in [3.05, 3.63) is 23.0 Å². The van der Waals surface area contributed by atoms with Crippen molar-refractivity contribution < 1.29 is 15.3 Å². The molecule has 0 radical (unpaired) electrons. The normalized spacial score (nSPS) is 33.9. The van der Waals surface area contributed by atoms with Gasteiger partial charge in [0, 0.05) is 12.5 Å². The van der Waals surface area contributed by atoms with E-state index >= 15 is 0 Å². The van der Waals surface area contributed by atoms with E-state index in [0.29, 0.717) is 12.1 Å². The van der Waals surface area contributed by atoms with Gasteiger partial charge in [0.1, 0.15) is 6.10 Å². The zero-order valence-electron chi connectivity index (χ0n) is 10.9. The van der Waals surface area contributed by atoms with Crippen molar-refractivity contribution >= 4 is 11.2 Å². The Morgan fingerprint density at radius 3 is 2.95 bits per heavy atom. The van der Waals surface area contributed by atoms with Crippen LogP contribution >= 0.6 is 0 Å². The lowest BCUT2D eigenvalue weighted by Crippen LogP contribution is -2.43. The average molecular weight is 280 g/mol. The van der Waals surface area contributed by atoms with Gasteiger partial charge < -0.3 is 24.9 Å². The molecule has 1 fully saturated rings. The molecule has 0 amide bonds. The summed E-state index contributed by atoms with van der Waals surface area (Å²) in [6.45, 7) is 1.28. The summed E-state index contributed by atoms with van der Waals surface area (Å²) in [5, 5.41) is 29.9. The molecule has 2 aromatic rings. The molecule has 1 saturated carbocycles. The first kappa shape index (κ1) is 13.2. The van der Waals surface area contributed by atoms with Crippen LogP contribution in [0.2, 0.25) is 0 Å². The molecule has 0 aliphatic heterocycles. The molecule has 2 aromatic heterocycles. The number of fused-ring (bicyclic) bond motifs is 1. The first-order valence-electron chi connectivity index (χ1n) is 6.38. The number of rotatable bonds is 2. The van der Waals surface area contributed by atoms with Gasteiger partial charge in [-0.1, -0.05) is 0 Å². The zero-order valence-corrected chi connectivity index (χ0v) is 10.9. The molecule has 108 valence electrons. The minimum absolute atomic E-state index is 0.187. The van der Waals surface area contributed by atoms with E-state index in [4.69, 9.17) is 0 Å². The molecule has 4 N–H and O–H groups in total. The van der Waals surface area contributed by atoms with Crippen molar-refractivity contribution in [3.8, 4) is 0 Å². The van der Waals surface area contributed by atoms with Crippen LogP contribution in [0.25, 0.3) is 11.2 Å². The summed E-state index contributed by atoms with van der Waals surface area (Å²) in [4.78, 5) is 22.1. The lowest BCUT2D eigenvalue weighted by Gasteiger charge is -2.28. The number of imidazole rings is 1. The van der Waals surface area contributed by atoms with E-state index in [2.05, 4.69) is 15.0 Å². The molecule has 0 bridgehead atoms. The van der Waals surface area contributed by atoms with Gasteiger partial charge in [0.25, 0.3) is 5.56 Å². The largest absolute Gasteiger partial charge is 0.396 e. The molecule has 8 heteroatoms. The average Bonchev–Trinajstić information content (AvgIpc) is 2.92. The van der Waals surface area contributed by atoms with Crippen LogP contribution in [-0.2, 0) is 0 Å². The van der Waals surface area contributed by atoms with Crippen LogP contribution in [0.1, 0.15) is 19.4 Å². The highest BCUT2D eigenvalue weighted by molar-refractivity contribution is 5.69. The van der Waals surface area contributed by atoms with Crippen LogP contribution < -0.4 is 5.56 Å². The van der Waals surface area contributed by atoms with Crippen molar-refractivity contribution in [3.63, 3.8) is 0 Å². The van der Waals surface area contributed by atoms with Gasteiger partial charge >= 0.3 is 0 Å². The summed E-state index contributed by atoms with van der Waals surface area (Å²) in [6.07, 6.45) is 2.01. The molecule has 8 nitrogen and oxygen atoms in total. The fourth-order valence-electron chi connectivity index (χ4n) is 2.92. The molecule has 0 unspecified atom stereocenters. The predicted molar refractivity (Wildman–Crippen MR) is 69.0 cm³/mol. The summed E-state index contributed by atoms with van der Waals surface area (Å²) in [6, 6.07) is -0.485. The van der Waals surface area contributed by atoms with Gasteiger partial charge in [0.2, 0.25) is 0 Å². The molecule has 0 saturated heterocycles. The SMILES string of the molecule is C[C@@]1(O)[C@@H](CO)C[C@@H](n2cnc3c(=O)[nH]cnc32)[C@@H]1O. The maximum absolute atomic E-state index is 11.6. The van der Waals surface area contributed by atoms with Gasteiger partial charge in [0.05, 0.1) is 24.3 Å². The quantitative estimate of drug-likeness (QED) is 0.547. The van der Waals surface area contributed by atoms with E-state index in [-0.39, 0.29) is 17.7 Å². The van der Waals surface area contributed by atoms with E-state index < -0.39 is 23.7 Å². The number of aliphatic hydroxyl groups excluding tert-OH is 2. The third kappa shape index (κ3) is 1.69. The van der Waals surface area contributed by atoms with E-state index in [0.717, 1.165) is 0 Å². The maximum Gasteiger partial charge on any atom is 0.278 e. The number of hydrogen-bond donors (Lipinski definition) is 4. The third-order valence-electron chi connectivity index (χ3n) is 4.26. The van der Waals surface area contributed by atoms with Gasteiger partial charge in [-0.05, 0) is 13.3 Å². The second kappa shape index (κ2) is 4.37. The summed E-state index contributed by atoms with van der Waals surface area (Å²) in [5.74, 6) is -0.443. The predicted octanol–water partition coefficient (Wildman–Crippen LogP) is -1.22. The van der Waals surface area contributed by atoms with Crippen LogP contribution in [0, 0.1) is 5.92 Å². The maximum atomic E-state index is 11.6. The van der Waals surface area contributed by atoms with E-state index in [1.54, 1.807) is 4.57 Å². The Labute approximate surface area is 113 Å². The Bertz CT molecular complexity index is 692. The number of aromatic amines is 1. The first-order chi connectivity index (χ1) is 9.46. The minimum Gasteiger partial charge on any atom is -0.396 e. The summed E-state index contributed by atoms with van der Waals surface area (Å²) in [7, 11) is 0. The van der Waals surface area contributed by atoms with Crippen LogP contribution in [-0.4, -0.2) is 53.2 Å². The standard InChI is InChI=1S/C12H16N4O4/c1-12(20)6(3-17)2-7(9(12)18)16-5-15-8-10(16)13-4-14-11(8)19/h4-7,9,17-18,20H,2-3H2,1H3,(H,13,14,19)/t6-,7-,9+,12-/m1/s1. The second-order valence-electron chi connectivity index (χ2n) is 5.41. The highest BCUT2D eigenvalue weighted by Gasteiger charge is 2.51. The monoisotopic (exact) mass is 280 g/mol. The zero-order chi connectivity index (χ0) is 14.5. The lowest BCUT2D eigenvalue weighted by molar-refractivity contribution is -0.0840. The number of aliphatic hydroxyl groups is 3. The fourth-order valence-corrected chi connectivity index (χ4v) is 2.92. The fraction of sp³-hybridized carbons (Fsp3) is 0.583. The highest BCUT2D eigenvalue weighted by atomic mass is 16.3. The molecule has 20 heavy (non-hydrogen) atoms. The molecule has 3 rings (SSSR count). The Kier molecular flexibility index (Phi) is 2.89. The molecular formula is C12H16N4O4. The lowest BCUT2D eigenvalue weighted by atomic mass is 9.92. The number of nitrogens with one attached hydrogen (secondary N) is 1. The van der Waals surface area contributed by atoms with Gasteiger partial charge in [-0.3, -0.25) is 4.79 Å². The van der Waals surface area contributed by atoms with Gasteiger partial charge in [0.15, 0.2) is 11.2 Å². The topological polar surface area (TPSA) is 124 Å². The Balaban J connectivity index is 2.09. The van der Waals surface area contributed by atoms with Crippen molar-refractivity contribution in [2.45, 2.75) is 31.1 Å². The minimum atomic E-state index is -1.39. The molecule has 2 heterocycles. The molecule has 0 aromatic carbocycles. The molecule has 1 aliphatic carbocycles. The van der Waals surface area contributed by atoms with Crippen molar-refractivity contribution in [2.24, 2.45) is 5.92 Å². The smallest absolute Gasteiger partial charge is 0.278 e. The van der Waals surface area contributed by atoms with Crippen LogP contribution in [0.3, 0.4) is 0 Å². The Morgan fingerprint density at radius 2 is 2.30 bits per heavy atom. The third-order valence-corrected chi connectivity index (χ3v) is 4.26. The number of nitrogens with zero attached hydrogens (tertiary/aromatic N) is 3. The van der Waals surface area contributed by atoms with Gasteiger partial charge in [-0.2, -0.15) is 0 Å². The van der Waals surface area contributed by atoms with E-state index in [9.17, 15) is 20.1 Å². The Hall–Kier alpha value is -1.77. The van der Waals surface area contributed by atoms with E-state index in [1.807, 2.05) is 0 Å². The molecular weight excluding hydrogens is 264 g/mol. The van der Waals surface area contributed by atoms with E-state index in [1.165, 1.54) is 19.6 Å². The summed E-state index contributed by atoms with van der Waals surface area (Å²) in [5.41, 5.74) is -1.21. The highest BCUT2D eigenvalue weighted by Crippen LogP contribution is 2.42. The summed E-state index contributed by atoms with van der Waals surface area (Å²) >= 11 is 0. The summed E-state index contributed by atoms with van der Waals surface area (Å²) < 4.78 is 1.58. The van der Waals surface area contributed by atoms with Gasteiger partial charge in [-0.15, -0.1) is 0 Å².